The van der Waals surface area contributed by atoms with E-state index in [1.54, 1.807) is 0 Å². The molecule has 5 fully saturated rings. The second kappa shape index (κ2) is 6.97. The first-order valence-electron chi connectivity index (χ1n) is 13.7. The van der Waals surface area contributed by atoms with Gasteiger partial charge in [0.25, 0.3) is 5.78 Å². The van der Waals surface area contributed by atoms with Crippen LogP contribution in [0.2, 0.25) is 0 Å². The number of carbonyl (C=O) groups excluding carboxylic acids is 1. The molecule has 0 aliphatic heterocycles. The molecule has 2 N–H and O–H groups in total. The summed E-state index contributed by atoms with van der Waals surface area (Å²) in [4.78, 5) is 23.6. The summed E-state index contributed by atoms with van der Waals surface area (Å²) in [5.41, 5.74) is 1.23. The maximum atomic E-state index is 12.8. The number of carboxylic acids is 1. The smallest absolute Gasteiger partial charge is 0.309 e. The van der Waals surface area contributed by atoms with E-state index in [2.05, 4.69) is 48.1 Å². The van der Waals surface area contributed by atoms with E-state index in [0.717, 1.165) is 38.5 Å². The SMILES string of the molecule is C=C(C)[C@@H]1CC[C@]2(C(=O)O)CC[C@]3(C)C(CCC4[C@@]5(C)CCC(=[OH+])C(C)(C)C5CC[C@]43C)C12. The summed E-state index contributed by atoms with van der Waals surface area (Å²) in [6.45, 7) is 18.7. The molecule has 0 heterocycles. The Morgan fingerprint density at radius 1 is 0.909 bits per heavy atom. The summed E-state index contributed by atoms with van der Waals surface area (Å²) in [7, 11) is 0. The summed E-state index contributed by atoms with van der Waals surface area (Å²) in [6.07, 6.45) is 10.5. The zero-order valence-electron chi connectivity index (χ0n) is 22.0. The number of carbonyl (C=O) groups is 1. The van der Waals surface area contributed by atoms with Crippen LogP contribution in [0.1, 0.15) is 106 Å². The number of aliphatic carboxylic acids is 1. The Morgan fingerprint density at radius 3 is 2.24 bits per heavy atom. The molecule has 9 atom stereocenters. The van der Waals surface area contributed by atoms with E-state index in [1.807, 2.05) is 0 Å². The molecule has 0 radical (unpaired) electrons. The van der Waals surface area contributed by atoms with Gasteiger partial charge >= 0.3 is 5.97 Å². The van der Waals surface area contributed by atoms with Crippen molar-refractivity contribution in [3.8, 4) is 0 Å². The topological polar surface area (TPSA) is 58.7 Å². The molecule has 0 saturated heterocycles. The van der Waals surface area contributed by atoms with Crippen LogP contribution in [0.5, 0.6) is 0 Å². The van der Waals surface area contributed by atoms with Gasteiger partial charge in [-0.05, 0) is 124 Å². The highest BCUT2D eigenvalue weighted by atomic mass is 16.4. The third kappa shape index (κ3) is 2.69. The molecule has 0 aromatic carbocycles. The summed E-state index contributed by atoms with van der Waals surface area (Å²) < 4.78 is 0. The number of allylic oxidation sites excluding steroid dienone is 1. The fourth-order valence-corrected chi connectivity index (χ4v) is 11.3. The van der Waals surface area contributed by atoms with Gasteiger partial charge in [0.05, 0.1) is 17.3 Å². The van der Waals surface area contributed by atoms with Crippen molar-refractivity contribution in [2.24, 2.45) is 56.7 Å². The molecule has 33 heavy (non-hydrogen) atoms. The first-order chi connectivity index (χ1) is 15.3. The lowest BCUT2D eigenvalue weighted by Crippen LogP contribution is -2.66. The largest absolute Gasteiger partial charge is 0.481 e. The molecule has 0 bridgehead atoms. The van der Waals surface area contributed by atoms with Crippen LogP contribution >= 0.6 is 0 Å². The maximum absolute atomic E-state index is 12.8. The number of ketones is 1. The molecule has 5 aliphatic carbocycles. The lowest BCUT2D eigenvalue weighted by molar-refractivity contribution is -0.230. The van der Waals surface area contributed by atoms with E-state index in [0.29, 0.717) is 29.5 Å². The Kier molecular flexibility index (Phi) is 4.99. The van der Waals surface area contributed by atoms with Crippen LogP contribution in [0.3, 0.4) is 0 Å². The Balaban J connectivity index is 1.57. The highest BCUT2D eigenvalue weighted by Crippen LogP contribution is 2.77. The summed E-state index contributed by atoms with van der Waals surface area (Å²) in [6, 6.07) is 0. The van der Waals surface area contributed by atoms with Crippen LogP contribution in [0.25, 0.3) is 0 Å². The van der Waals surface area contributed by atoms with Crippen LogP contribution in [0.4, 0.5) is 0 Å². The molecule has 5 rings (SSSR count). The molecule has 5 saturated carbocycles. The van der Waals surface area contributed by atoms with E-state index in [-0.39, 0.29) is 27.6 Å². The summed E-state index contributed by atoms with van der Waals surface area (Å²) in [5, 5.41) is 10.5. The molecule has 0 amide bonds. The highest BCUT2D eigenvalue weighted by molar-refractivity contribution is 5.86. The van der Waals surface area contributed by atoms with Gasteiger partial charge < -0.3 is 5.11 Å². The van der Waals surface area contributed by atoms with Gasteiger partial charge in [0.2, 0.25) is 0 Å². The fourth-order valence-electron chi connectivity index (χ4n) is 11.3. The average molecular weight is 456 g/mol. The van der Waals surface area contributed by atoms with Gasteiger partial charge in [-0.15, -0.1) is 0 Å². The van der Waals surface area contributed by atoms with Crippen molar-refractivity contribution in [3.05, 3.63) is 12.2 Å². The predicted octanol–water partition coefficient (Wildman–Crippen LogP) is 7.27. The maximum Gasteiger partial charge on any atom is 0.309 e. The molecule has 5 aliphatic rings. The van der Waals surface area contributed by atoms with Crippen molar-refractivity contribution in [3.63, 3.8) is 0 Å². The van der Waals surface area contributed by atoms with Crippen molar-refractivity contribution < 1.29 is 14.7 Å². The van der Waals surface area contributed by atoms with Gasteiger partial charge in [-0.1, -0.05) is 32.9 Å². The standard InChI is InChI=1S/C30H46O3/c1-18(2)19-10-15-30(25(32)33)17-16-28(6)20(24(19)30)8-9-22-27(5)13-12-23(31)26(3,4)21(27)11-14-29(22,28)7/h19-22,24H,1,8-17H2,2-7H3,(H,32,33)/p+1/t19-,20?,21?,22?,24?,27-,28+,29+,30-/m0/s1. The van der Waals surface area contributed by atoms with Crippen molar-refractivity contribution in [2.75, 3.05) is 0 Å². The molecule has 0 spiro atoms. The van der Waals surface area contributed by atoms with E-state index < -0.39 is 11.4 Å². The van der Waals surface area contributed by atoms with Crippen molar-refractivity contribution in [1.82, 2.24) is 0 Å². The van der Waals surface area contributed by atoms with Crippen molar-refractivity contribution in [1.29, 1.82) is 0 Å². The summed E-state index contributed by atoms with van der Waals surface area (Å²) in [5.74, 6) is 2.44. The quantitative estimate of drug-likeness (QED) is 0.351. The van der Waals surface area contributed by atoms with Gasteiger partial charge in [0, 0.05) is 0 Å². The Hall–Kier alpha value is -1.12. The number of rotatable bonds is 2. The average Bonchev–Trinajstić information content (AvgIpc) is 3.13. The highest BCUT2D eigenvalue weighted by Gasteiger charge is 2.72. The number of hydrogen-bond donors (Lipinski definition) is 1. The van der Waals surface area contributed by atoms with Crippen molar-refractivity contribution in [2.45, 2.75) is 106 Å². The third-order valence-corrected chi connectivity index (χ3v) is 13.3. The molecular formula is C30H47O3+. The van der Waals surface area contributed by atoms with E-state index >= 15 is 0 Å². The number of carboxylic acid groups (broad SMARTS) is 1. The second-order valence-electron chi connectivity index (χ2n) is 14.3. The molecule has 0 aromatic heterocycles. The molecular weight excluding hydrogens is 408 g/mol. The Labute approximate surface area is 201 Å². The third-order valence-electron chi connectivity index (χ3n) is 13.3. The van der Waals surface area contributed by atoms with E-state index in [4.69, 9.17) is 0 Å². The zero-order valence-corrected chi connectivity index (χ0v) is 22.0. The molecule has 184 valence electrons. The van der Waals surface area contributed by atoms with Crippen LogP contribution in [-0.2, 0) is 4.79 Å². The predicted molar refractivity (Wildman–Crippen MR) is 134 cm³/mol. The lowest BCUT2D eigenvalue weighted by atomic mass is 9.32. The van der Waals surface area contributed by atoms with Crippen LogP contribution < -0.4 is 0 Å². The fraction of sp³-hybridized carbons (Fsp3) is 0.867. The monoisotopic (exact) mass is 455 g/mol. The first-order valence-corrected chi connectivity index (χ1v) is 13.7. The van der Waals surface area contributed by atoms with Gasteiger partial charge in [-0.2, -0.15) is 0 Å². The van der Waals surface area contributed by atoms with E-state index in [1.165, 1.54) is 31.3 Å². The molecule has 3 nitrogen and oxygen atoms in total. The molecule has 4 unspecified atom stereocenters. The van der Waals surface area contributed by atoms with Crippen LogP contribution in [0, 0.1) is 56.7 Å². The minimum Gasteiger partial charge on any atom is -0.481 e. The van der Waals surface area contributed by atoms with Gasteiger partial charge in [-0.3, -0.25) is 9.59 Å². The lowest BCUT2D eigenvalue weighted by Gasteiger charge is -2.71. The zero-order chi connectivity index (χ0) is 24.2. The van der Waals surface area contributed by atoms with Crippen molar-refractivity contribution >= 4 is 11.8 Å². The Bertz CT molecular complexity index is 902. The van der Waals surface area contributed by atoms with Gasteiger partial charge in [0.1, 0.15) is 0 Å². The van der Waals surface area contributed by atoms with Gasteiger partial charge in [0.15, 0.2) is 0 Å². The van der Waals surface area contributed by atoms with Crippen LogP contribution in [0.15, 0.2) is 12.2 Å². The minimum atomic E-state index is -0.540. The normalized spacial score (nSPS) is 52.8. The van der Waals surface area contributed by atoms with Crippen LogP contribution in [-0.4, -0.2) is 21.7 Å². The Morgan fingerprint density at radius 2 is 1.61 bits per heavy atom. The summed E-state index contributed by atoms with van der Waals surface area (Å²) >= 11 is 0. The molecule has 3 heteroatoms. The molecule has 0 aromatic rings. The minimum absolute atomic E-state index is 0.104. The van der Waals surface area contributed by atoms with Gasteiger partial charge in [-0.25, -0.2) is 0 Å². The second-order valence-corrected chi connectivity index (χ2v) is 14.3. The first kappa shape index (κ1) is 23.6. The number of hydrogen-bond acceptors (Lipinski definition) is 1. The number of fused-ring (bicyclic) bond motifs is 7. The van der Waals surface area contributed by atoms with E-state index in [9.17, 15) is 14.7 Å².